The number of benzene rings is 3. The van der Waals surface area contributed by atoms with Crippen molar-refractivity contribution in [1.29, 1.82) is 0 Å². The summed E-state index contributed by atoms with van der Waals surface area (Å²) in [7, 11) is 0. The highest BCUT2D eigenvalue weighted by Crippen LogP contribution is 2.25. The fourth-order valence-electron chi connectivity index (χ4n) is 3.22. The lowest BCUT2D eigenvalue weighted by Crippen LogP contribution is -2.43. The smallest absolute Gasteiger partial charge is 0.0770 e. The summed E-state index contributed by atoms with van der Waals surface area (Å²) in [5.41, 5.74) is 3.69. The molecule has 0 saturated carbocycles. The SMILES string of the molecule is CCN(CN(CC)c1ccccc1)CN(c1ccccc1)c1ccccc1. The number of nitrogens with zero attached hydrogens (tertiary/aromatic N) is 3. The maximum Gasteiger partial charge on any atom is 0.0770 e. The summed E-state index contributed by atoms with van der Waals surface area (Å²) in [5.74, 6) is 0. The lowest BCUT2D eigenvalue weighted by Gasteiger charge is -2.35. The molecule has 3 rings (SSSR count). The maximum absolute atomic E-state index is 2.47. The lowest BCUT2D eigenvalue weighted by molar-refractivity contribution is 0.294. The molecule has 0 atom stereocenters. The second-order valence-electron chi connectivity index (χ2n) is 6.56. The van der Waals surface area contributed by atoms with Gasteiger partial charge in [-0.15, -0.1) is 0 Å². The Hall–Kier alpha value is -2.78. The van der Waals surface area contributed by atoms with E-state index in [1.54, 1.807) is 0 Å². The monoisotopic (exact) mass is 359 g/mol. The van der Waals surface area contributed by atoms with Crippen molar-refractivity contribution in [2.75, 3.05) is 36.2 Å². The highest BCUT2D eigenvalue weighted by atomic mass is 15.4. The van der Waals surface area contributed by atoms with Gasteiger partial charge in [-0.25, -0.2) is 0 Å². The van der Waals surface area contributed by atoms with E-state index in [-0.39, 0.29) is 0 Å². The predicted octanol–water partition coefficient (Wildman–Crippen LogP) is 5.59. The Labute approximate surface area is 163 Å². The predicted molar refractivity (Wildman–Crippen MR) is 117 cm³/mol. The summed E-state index contributed by atoms with van der Waals surface area (Å²) >= 11 is 0. The van der Waals surface area contributed by atoms with Crippen molar-refractivity contribution in [3.05, 3.63) is 91.0 Å². The van der Waals surface area contributed by atoms with Crippen LogP contribution < -0.4 is 9.80 Å². The fourth-order valence-corrected chi connectivity index (χ4v) is 3.22. The normalized spacial score (nSPS) is 10.8. The standard InChI is InChI=1S/C24H29N3/c1-3-25(20-26(4-2)22-14-8-5-9-15-22)21-27(23-16-10-6-11-17-23)24-18-12-7-13-19-24/h5-19H,3-4,20-21H2,1-2H3. The van der Waals surface area contributed by atoms with E-state index in [0.717, 1.165) is 26.4 Å². The van der Waals surface area contributed by atoms with Gasteiger partial charge in [-0.3, -0.25) is 4.90 Å². The van der Waals surface area contributed by atoms with Gasteiger partial charge in [-0.2, -0.15) is 0 Å². The van der Waals surface area contributed by atoms with Gasteiger partial charge in [0.05, 0.1) is 13.3 Å². The van der Waals surface area contributed by atoms with Gasteiger partial charge in [0.25, 0.3) is 0 Å². The first kappa shape index (κ1) is 19.0. The first-order valence-corrected chi connectivity index (χ1v) is 9.71. The third-order valence-electron chi connectivity index (χ3n) is 4.80. The number of hydrogen-bond acceptors (Lipinski definition) is 3. The van der Waals surface area contributed by atoms with Gasteiger partial charge in [-0.1, -0.05) is 61.5 Å². The molecule has 0 fully saturated rings. The molecule has 0 aromatic heterocycles. The Morgan fingerprint density at radius 3 is 1.37 bits per heavy atom. The number of anilines is 3. The molecule has 3 heteroatoms. The van der Waals surface area contributed by atoms with Crippen molar-refractivity contribution >= 4 is 17.1 Å². The fraction of sp³-hybridized carbons (Fsp3) is 0.250. The molecule has 0 spiro atoms. The molecule has 0 unspecified atom stereocenters. The lowest BCUT2D eigenvalue weighted by atomic mass is 10.2. The summed E-state index contributed by atoms with van der Waals surface area (Å²) < 4.78 is 0. The van der Waals surface area contributed by atoms with Crippen LogP contribution in [0.1, 0.15) is 13.8 Å². The van der Waals surface area contributed by atoms with Gasteiger partial charge in [0, 0.05) is 23.6 Å². The van der Waals surface area contributed by atoms with Crippen LogP contribution in [0.3, 0.4) is 0 Å². The Kier molecular flexibility index (Phi) is 6.89. The zero-order chi connectivity index (χ0) is 18.9. The number of para-hydroxylation sites is 3. The molecule has 0 heterocycles. The topological polar surface area (TPSA) is 9.72 Å². The zero-order valence-electron chi connectivity index (χ0n) is 16.3. The third-order valence-corrected chi connectivity index (χ3v) is 4.80. The molecule has 0 bridgehead atoms. The van der Waals surface area contributed by atoms with Crippen LogP contribution >= 0.6 is 0 Å². The summed E-state index contributed by atoms with van der Waals surface area (Å²) in [6, 6.07) is 31.9. The number of hydrogen-bond donors (Lipinski definition) is 0. The largest absolute Gasteiger partial charge is 0.359 e. The molecule has 0 radical (unpaired) electrons. The summed E-state index contributed by atoms with van der Waals surface area (Å²) in [5, 5.41) is 0. The molecule has 0 N–H and O–H groups in total. The van der Waals surface area contributed by atoms with Crippen LogP contribution in [-0.4, -0.2) is 31.3 Å². The number of rotatable bonds is 9. The summed E-state index contributed by atoms with van der Waals surface area (Å²) in [4.78, 5) is 7.26. The van der Waals surface area contributed by atoms with Crippen LogP contribution in [-0.2, 0) is 0 Å². The molecule has 3 nitrogen and oxygen atoms in total. The Bertz CT molecular complexity index is 735. The minimum atomic E-state index is 0.841. The highest BCUT2D eigenvalue weighted by Gasteiger charge is 2.15. The van der Waals surface area contributed by atoms with E-state index >= 15 is 0 Å². The van der Waals surface area contributed by atoms with Crippen LogP contribution in [0.4, 0.5) is 17.1 Å². The molecule has 0 amide bonds. The second kappa shape index (κ2) is 9.79. The van der Waals surface area contributed by atoms with E-state index in [1.165, 1.54) is 17.1 Å². The van der Waals surface area contributed by atoms with Crippen LogP contribution in [0.15, 0.2) is 91.0 Å². The van der Waals surface area contributed by atoms with E-state index in [1.807, 2.05) is 0 Å². The maximum atomic E-state index is 2.47. The van der Waals surface area contributed by atoms with Crippen molar-refractivity contribution in [1.82, 2.24) is 4.90 Å². The third kappa shape index (κ3) is 5.11. The van der Waals surface area contributed by atoms with Crippen LogP contribution in [0, 0.1) is 0 Å². The molecule has 3 aromatic carbocycles. The van der Waals surface area contributed by atoms with E-state index in [2.05, 4.69) is 120 Å². The Morgan fingerprint density at radius 1 is 0.519 bits per heavy atom. The van der Waals surface area contributed by atoms with E-state index in [0.29, 0.717) is 0 Å². The van der Waals surface area contributed by atoms with E-state index < -0.39 is 0 Å². The molecule has 0 aliphatic heterocycles. The average molecular weight is 360 g/mol. The molecular weight excluding hydrogens is 330 g/mol. The Morgan fingerprint density at radius 2 is 0.963 bits per heavy atom. The first-order chi connectivity index (χ1) is 13.3. The molecular formula is C24H29N3. The summed E-state index contributed by atoms with van der Waals surface area (Å²) in [6.45, 7) is 8.15. The minimum absolute atomic E-state index is 0.841. The van der Waals surface area contributed by atoms with Crippen molar-refractivity contribution < 1.29 is 0 Å². The van der Waals surface area contributed by atoms with E-state index in [4.69, 9.17) is 0 Å². The van der Waals surface area contributed by atoms with Crippen LogP contribution in [0.25, 0.3) is 0 Å². The second-order valence-corrected chi connectivity index (χ2v) is 6.56. The van der Waals surface area contributed by atoms with Gasteiger partial charge in [0.2, 0.25) is 0 Å². The van der Waals surface area contributed by atoms with E-state index in [9.17, 15) is 0 Å². The van der Waals surface area contributed by atoms with Gasteiger partial charge >= 0.3 is 0 Å². The quantitative estimate of drug-likeness (QED) is 0.461. The molecule has 0 aliphatic rings. The van der Waals surface area contributed by atoms with Gasteiger partial charge < -0.3 is 9.80 Å². The van der Waals surface area contributed by atoms with Crippen molar-refractivity contribution in [3.63, 3.8) is 0 Å². The van der Waals surface area contributed by atoms with Crippen molar-refractivity contribution in [2.45, 2.75) is 13.8 Å². The van der Waals surface area contributed by atoms with Gasteiger partial charge in [0.15, 0.2) is 0 Å². The van der Waals surface area contributed by atoms with Gasteiger partial charge in [0.1, 0.15) is 0 Å². The average Bonchev–Trinajstić information content (AvgIpc) is 2.76. The highest BCUT2D eigenvalue weighted by molar-refractivity contribution is 5.62. The summed E-state index contributed by atoms with van der Waals surface area (Å²) in [6.07, 6.45) is 0. The Balaban J connectivity index is 1.81. The van der Waals surface area contributed by atoms with Crippen molar-refractivity contribution in [2.24, 2.45) is 0 Å². The molecule has 0 aliphatic carbocycles. The molecule has 140 valence electrons. The molecule has 3 aromatic rings. The first-order valence-electron chi connectivity index (χ1n) is 9.71. The zero-order valence-corrected chi connectivity index (χ0v) is 16.3. The van der Waals surface area contributed by atoms with Gasteiger partial charge in [-0.05, 0) is 49.9 Å². The van der Waals surface area contributed by atoms with Crippen molar-refractivity contribution in [3.8, 4) is 0 Å². The van der Waals surface area contributed by atoms with Crippen LogP contribution in [0.5, 0.6) is 0 Å². The molecule has 0 saturated heterocycles. The van der Waals surface area contributed by atoms with Crippen LogP contribution in [0.2, 0.25) is 0 Å². The molecule has 27 heavy (non-hydrogen) atoms. The minimum Gasteiger partial charge on any atom is -0.359 e.